The highest BCUT2D eigenvalue weighted by Gasteiger charge is 2.44. The van der Waals surface area contributed by atoms with Crippen LogP contribution < -0.4 is 9.13 Å². The zero-order valence-corrected chi connectivity index (χ0v) is 30.9. The molecule has 0 spiro atoms. The van der Waals surface area contributed by atoms with Crippen LogP contribution >= 0.6 is 0 Å². The number of fused-ring (bicyclic) bond motifs is 4. The minimum Gasteiger partial charge on any atom is -0.279 e. The van der Waals surface area contributed by atoms with Gasteiger partial charge in [-0.3, -0.25) is 4.55 Å². The molecular formula is C47H31F3N2O3S+2. The molecule has 272 valence electrons. The Morgan fingerprint density at radius 1 is 0.446 bits per heavy atom. The number of aryl methyl sites for hydroxylation is 2. The molecule has 0 aliphatic heterocycles. The summed E-state index contributed by atoms with van der Waals surface area (Å²) in [5, 5.41) is 15.6. The first-order valence-electron chi connectivity index (χ1n) is 18.0. The summed E-state index contributed by atoms with van der Waals surface area (Å²) >= 11 is 0. The fourth-order valence-corrected chi connectivity index (χ4v) is 9.04. The van der Waals surface area contributed by atoms with Crippen molar-refractivity contribution in [3.8, 4) is 22.3 Å². The standard InChI is InChI=1S/C46H30N2.CHF3O3S/c1-47-35-25-21-31-17-9-15-29-19-23-33(41(35)37(29)31)43-40(28-13-7-4-8-14-28)46-44(39(45(43)47)27-11-5-3-6-12-27)34-24-20-30-16-10-18-32-22-26-36(48(46)2)42(34)38(30)32;2-1(3,4)8(5,6)7/h3-26H,1-2H3;(H,5,6,7)/q+2;. The lowest BCUT2D eigenvalue weighted by molar-refractivity contribution is -0.618. The van der Waals surface area contributed by atoms with E-state index in [4.69, 9.17) is 13.0 Å². The summed E-state index contributed by atoms with van der Waals surface area (Å²) < 4.78 is 62.5. The van der Waals surface area contributed by atoms with Gasteiger partial charge in [-0.25, -0.2) is 0 Å². The maximum atomic E-state index is 10.7. The predicted octanol–water partition coefficient (Wildman–Crippen LogP) is 11.2. The van der Waals surface area contributed by atoms with Crippen LogP contribution in [-0.4, -0.2) is 18.5 Å². The summed E-state index contributed by atoms with van der Waals surface area (Å²) in [7, 11) is -1.29. The van der Waals surface area contributed by atoms with Crippen LogP contribution in [0.25, 0.3) is 109 Å². The highest BCUT2D eigenvalue weighted by molar-refractivity contribution is 7.86. The van der Waals surface area contributed by atoms with Gasteiger partial charge >= 0.3 is 15.6 Å². The Labute approximate surface area is 318 Å². The first kappa shape index (κ1) is 34.1. The van der Waals surface area contributed by atoms with Crippen LogP contribution in [-0.2, 0) is 24.2 Å². The Morgan fingerprint density at radius 3 is 1.12 bits per heavy atom. The van der Waals surface area contributed by atoms with Crippen molar-refractivity contribution in [2.24, 2.45) is 14.1 Å². The van der Waals surface area contributed by atoms with E-state index in [9.17, 15) is 13.2 Å². The van der Waals surface area contributed by atoms with E-state index in [1.807, 2.05) is 0 Å². The molecule has 5 nitrogen and oxygen atoms in total. The molecule has 0 saturated heterocycles. The van der Waals surface area contributed by atoms with E-state index in [-0.39, 0.29) is 0 Å². The number of benzene rings is 9. The molecule has 2 heterocycles. The van der Waals surface area contributed by atoms with Crippen molar-refractivity contribution in [2.75, 3.05) is 0 Å². The molecule has 1 N–H and O–H groups in total. The molecule has 0 unspecified atom stereocenters. The molecular weight excluding hydrogens is 730 g/mol. The summed E-state index contributed by atoms with van der Waals surface area (Å²) in [4.78, 5) is 0. The second-order valence-corrected chi connectivity index (χ2v) is 15.7. The minimum absolute atomic E-state index is 1.23. The third kappa shape index (κ3) is 4.80. The SMILES string of the molecule is C[n+]1c2ccc3cccc4ccc(c5c(-c6ccccc6)c6c(c(-c7ccccc7)c51)c1ccc5cccc7ccc(c1c57)[n+]6C)c2c43.O=S(=O)(O)C(F)(F)F. The number of alkyl halides is 3. The Morgan fingerprint density at radius 2 is 0.786 bits per heavy atom. The quantitative estimate of drug-likeness (QED) is 0.0627. The first-order chi connectivity index (χ1) is 26.9. The van der Waals surface area contributed by atoms with Gasteiger partial charge in [-0.1, -0.05) is 121 Å². The van der Waals surface area contributed by atoms with Crippen LogP contribution in [0.4, 0.5) is 13.2 Å². The van der Waals surface area contributed by atoms with Crippen molar-refractivity contribution < 1.29 is 35.3 Å². The molecule has 0 radical (unpaired) electrons. The van der Waals surface area contributed by atoms with Gasteiger partial charge in [-0.2, -0.15) is 30.7 Å². The Hall–Kier alpha value is -6.42. The van der Waals surface area contributed by atoms with Gasteiger partial charge < -0.3 is 0 Å². The first-order valence-corrected chi connectivity index (χ1v) is 19.5. The van der Waals surface area contributed by atoms with Crippen LogP contribution in [0.5, 0.6) is 0 Å². The maximum Gasteiger partial charge on any atom is 0.522 e. The molecule has 2 aromatic heterocycles. The van der Waals surface area contributed by atoms with Crippen molar-refractivity contribution in [1.29, 1.82) is 0 Å². The minimum atomic E-state index is -5.84. The smallest absolute Gasteiger partial charge is 0.279 e. The molecule has 0 aliphatic rings. The second-order valence-electron chi connectivity index (χ2n) is 14.3. The average Bonchev–Trinajstić information content (AvgIpc) is 3.20. The van der Waals surface area contributed by atoms with E-state index in [1.165, 1.54) is 109 Å². The van der Waals surface area contributed by atoms with Crippen molar-refractivity contribution in [3.63, 3.8) is 0 Å². The maximum absolute atomic E-state index is 10.7. The van der Waals surface area contributed by atoms with Gasteiger partial charge in [-0.05, 0) is 44.8 Å². The molecule has 0 saturated carbocycles. The van der Waals surface area contributed by atoms with Gasteiger partial charge in [0, 0.05) is 33.7 Å². The molecule has 0 amide bonds. The average molecular weight is 761 g/mol. The highest BCUT2D eigenvalue weighted by Crippen LogP contribution is 2.49. The largest absolute Gasteiger partial charge is 0.522 e. The number of hydrogen-bond donors (Lipinski definition) is 1. The van der Waals surface area contributed by atoms with Crippen molar-refractivity contribution in [1.82, 2.24) is 0 Å². The number of rotatable bonds is 2. The lowest BCUT2D eigenvalue weighted by Crippen LogP contribution is -2.34. The van der Waals surface area contributed by atoms with Crippen LogP contribution in [0.1, 0.15) is 0 Å². The zero-order valence-electron chi connectivity index (χ0n) is 30.1. The number of nitrogens with zero attached hydrogens (tertiary/aromatic N) is 2. The zero-order chi connectivity index (χ0) is 38.7. The molecule has 11 rings (SSSR count). The molecule has 0 fully saturated rings. The normalized spacial score (nSPS) is 12.6. The number of aromatic nitrogens is 2. The Kier molecular flexibility index (Phi) is 7.33. The monoisotopic (exact) mass is 760 g/mol. The molecule has 56 heavy (non-hydrogen) atoms. The number of hydrogen-bond acceptors (Lipinski definition) is 2. The number of halogens is 3. The van der Waals surface area contributed by atoms with Crippen LogP contribution in [0.15, 0.2) is 146 Å². The highest BCUT2D eigenvalue weighted by atomic mass is 32.2. The summed E-state index contributed by atoms with van der Waals surface area (Å²) in [6.45, 7) is 0. The van der Waals surface area contributed by atoms with E-state index >= 15 is 0 Å². The van der Waals surface area contributed by atoms with Crippen molar-refractivity contribution >= 4 is 96.8 Å². The van der Waals surface area contributed by atoms with Gasteiger partial charge in [0.15, 0.2) is 0 Å². The lowest BCUT2D eigenvalue weighted by atomic mass is 9.83. The third-order valence-corrected chi connectivity index (χ3v) is 11.9. The van der Waals surface area contributed by atoms with Crippen LogP contribution in [0.2, 0.25) is 0 Å². The van der Waals surface area contributed by atoms with E-state index in [2.05, 4.69) is 169 Å². The fraction of sp³-hybridized carbons (Fsp3) is 0.0638. The summed E-state index contributed by atoms with van der Waals surface area (Å²) in [6, 6.07) is 54.1. The predicted molar refractivity (Wildman–Crippen MR) is 220 cm³/mol. The summed E-state index contributed by atoms with van der Waals surface area (Å²) in [6.07, 6.45) is 0. The lowest BCUT2D eigenvalue weighted by Gasteiger charge is -2.20. The molecule has 11 aromatic rings. The fourth-order valence-electron chi connectivity index (χ4n) is 9.04. The number of pyridine rings is 2. The Bertz CT molecular complexity index is 3250. The van der Waals surface area contributed by atoms with E-state index in [0.717, 1.165) is 0 Å². The van der Waals surface area contributed by atoms with E-state index in [0.29, 0.717) is 0 Å². The summed E-state index contributed by atoms with van der Waals surface area (Å²) in [5.41, 5.74) is 4.49. The molecule has 0 bridgehead atoms. The second kappa shape index (κ2) is 12.0. The molecule has 0 aliphatic carbocycles. The summed E-state index contributed by atoms with van der Waals surface area (Å²) in [5.74, 6) is 0. The van der Waals surface area contributed by atoms with Gasteiger partial charge in [-0.15, -0.1) is 0 Å². The van der Waals surface area contributed by atoms with Crippen molar-refractivity contribution in [3.05, 3.63) is 146 Å². The van der Waals surface area contributed by atoms with E-state index in [1.54, 1.807) is 0 Å². The van der Waals surface area contributed by atoms with E-state index < -0.39 is 15.6 Å². The van der Waals surface area contributed by atoms with Gasteiger partial charge in [0.2, 0.25) is 22.1 Å². The molecule has 0 atom stereocenters. The van der Waals surface area contributed by atoms with Crippen LogP contribution in [0, 0.1) is 0 Å². The Balaban J connectivity index is 0.000000437. The van der Waals surface area contributed by atoms with Gasteiger partial charge in [0.25, 0.3) is 0 Å². The van der Waals surface area contributed by atoms with Crippen molar-refractivity contribution in [2.45, 2.75) is 5.51 Å². The van der Waals surface area contributed by atoms with Gasteiger partial charge in [0.05, 0.1) is 32.7 Å². The molecule has 9 heteroatoms. The van der Waals surface area contributed by atoms with Crippen LogP contribution in [0.3, 0.4) is 0 Å². The third-order valence-electron chi connectivity index (χ3n) is 11.3. The molecule has 9 aromatic carbocycles. The topological polar surface area (TPSA) is 62.1 Å². The van der Waals surface area contributed by atoms with Gasteiger partial charge in [0.1, 0.15) is 14.1 Å².